The molecule has 1 heterocycles. The van der Waals surface area contributed by atoms with E-state index >= 15 is 0 Å². The first-order valence-corrected chi connectivity index (χ1v) is 7.24. The van der Waals surface area contributed by atoms with Crippen LogP contribution in [0.4, 0.5) is 10.5 Å². The van der Waals surface area contributed by atoms with Gasteiger partial charge in [-0.15, -0.1) is 0 Å². The Morgan fingerprint density at radius 2 is 2.19 bits per heavy atom. The van der Waals surface area contributed by atoms with E-state index in [4.69, 9.17) is 4.42 Å². The number of carbonyl (C=O) groups excluding carboxylic acids is 1. The quantitative estimate of drug-likeness (QED) is 0.793. The van der Waals surface area contributed by atoms with Crippen LogP contribution in [0.5, 0.6) is 0 Å². The predicted octanol–water partition coefficient (Wildman–Crippen LogP) is 2.56. The molecule has 3 rings (SSSR count). The lowest BCUT2D eigenvalue weighted by Gasteiger charge is -2.28. The van der Waals surface area contributed by atoms with Gasteiger partial charge in [0.15, 0.2) is 11.5 Å². The SMILES string of the molecule is Cc1nc2cc(NC(=O)NC3CCCCC3O)ccc2o1. The number of hydrogen-bond acceptors (Lipinski definition) is 4. The molecule has 0 saturated heterocycles. The number of carbonyl (C=O) groups is 1. The Labute approximate surface area is 122 Å². The number of benzene rings is 1. The number of aromatic nitrogens is 1. The van der Waals surface area contributed by atoms with Gasteiger partial charge in [0.05, 0.1) is 12.1 Å². The summed E-state index contributed by atoms with van der Waals surface area (Å²) in [6.07, 6.45) is 3.16. The smallest absolute Gasteiger partial charge is 0.319 e. The second kappa shape index (κ2) is 5.73. The molecule has 1 saturated carbocycles. The first-order valence-electron chi connectivity index (χ1n) is 7.24. The first kappa shape index (κ1) is 13.9. The van der Waals surface area contributed by atoms with E-state index in [-0.39, 0.29) is 12.1 Å². The molecule has 1 aliphatic carbocycles. The standard InChI is InChI=1S/C15H19N3O3/c1-9-16-12-8-10(6-7-14(12)21-9)17-15(20)18-11-4-2-3-5-13(11)19/h6-8,11,13,19H,2-5H2,1H3,(H2,17,18,20). The van der Waals surface area contributed by atoms with E-state index in [9.17, 15) is 9.90 Å². The Morgan fingerprint density at radius 3 is 3.00 bits per heavy atom. The Kier molecular flexibility index (Phi) is 3.79. The Balaban J connectivity index is 1.65. The van der Waals surface area contributed by atoms with E-state index in [1.54, 1.807) is 25.1 Å². The highest BCUT2D eigenvalue weighted by atomic mass is 16.3. The number of nitrogens with one attached hydrogen (secondary N) is 2. The van der Waals surface area contributed by atoms with Gasteiger partial charge in [0.1, 0.15) is 5.52 Å². The summed E-state index contributed by atoms with van der Waals surface area (Å²) in [5.74, 6) is 0.594. The van der Waals surface area contributed by atoms with Crippen LogP contribution in [0.3, 0.4) is 0 Å². The van der Waals surface area contributed by atoms with E-state index in [1.165, 1.54) is 0 Å². The molecular formula is C15H19N3O3. The minimum Gasteiger partial charge on any atom is -0.441 e. The summed E-state index contributed by atoms with van der Waals surface area (Å²) in [6, 6.07) is 4.84. The minimum atomic E-state index is -0.454. The summed E-state index contributed by atoms with van der Waals surface area (Å²) in [4.78, 5) is 16.2. The van der Waals surface area contributed by atoms with Crippen LogP contribution < -0.4 is 10.6 Å². The number of hydrogen-bond donors (Lipinski definition) is 3. The van der Waals surface area contributed by atoms with E-state index in [2.05, 4.69) is 15.6 Å². The Bertz CT molecular complexity index is 653. The van der Waals surface area contributed by atoms with Crippen molar-refractivity contribution < 1.29 is 14.3 Å². The molecule has 112 valence electrons. The van der Waals surface area contributed by atoms with Crippen LogP contribution in [-0.4, -0.2) is 28.3 Å². The number of aryl methyl sites for hydroxylation is 1. The van der Waals surface area contributed by atoms with Crippen molar-refractivity contribution in [3.8, 4) is 0 Å². The molecule has 1 aliphatic rings. The zero-order valence-corrected chi connectivity index (χ0v) is 11.9. The van der Waals surface area contributed by atoms with E-state index in [0.29, 0.717) is 22.7 Å². The van der Waals surface area contributed by atoms with Crippen LogP contribution >= 0.6 is 0 Å². The number of fused-ring (bicyclic) bond motifs is 1. The van der Waals surface area contributed by atoms with Gasteiger partial charge >= 0.3 is 6.03 Å². The van der Waals surface area contributed by atoms with Crippen molar-refractivity contribution in [1.29, 1.82) is 0 Å². The average Bonchev–Trinajstić information content (AvgIpc) is 2.80. The summed E-state index contributed by atoms with van der Waals surface area (Å²) in [6.45, 7) is 1.78. The molecular weight excluding hydrogens is 270 g/mol. The fourth-order valence-electron chi connectivity index (χ4n) is 2.74. The van der Waals surface area contributed by atoms with Crippen molar-refractivity contribution in [3.63, 3.8) is 0 Å². The molecule has 1 fully saturated rings. The highest BCUT2D eigenvalue weighted by Gasteiger charge is 2.24. The number of nitrogens with zero attached hydrogens (tertiary/aromatic N) is 1. The molecule has 2 aromatic rings. The molecule has 6 nitrogen and oxygen atoms in total. The zero-order chi connectivity index (χ0) is 14.8. The summed E-state index contributed by atoms with van der Waals surface area (Å²) in [7, 11) is 0. The number of amides is 2. The second-order valence-corrected chi connectivity index (χ2v) is 5.47. The van der Waals surface area contributed by atoms with Crippen molar-refractivity contribution in [2.24, 2.45) is 0 Å². The topological polar surface area (TPSA) is 87.4 Å². The Morgan fingerprint density at radius 1 is 1.38 bits per heavy atom. The first-order chi connectivity index (χ1) is 10.1. The second-order valence-electron chi connectivity index (χ2n) is 5.47. The molecule has 0 bridgehead atoms. The summed E-state index contributed by atoms with van der Waals surface area (Å²) in [5, 5.41) is 15.5. The van der Waals surface area contributed by atoms with Gasteiger partial charge in [-0.05, 0) is 31.0 Å². The molecule has 6 heteroatoms. The van der Waals surface area contributed by atoms with Gasteiger partial charge in [-0.1, -0.05) is 12.8 Å². The van der Waals surface area contributed by atoms with E-state index in [1.807, 2.05) is 0 Å². The summed E-state index contributed by atoms with van der Waals surface area (Å²) < 4.78 is 5.39. The van der Waals surface area contributed by atoms with Gasteiger partial charge < -0.3 is 20.2 Å². The molecule has 2 unspecified atom stereocenters. The number of aliphatic hydroxyl groups is 1. The van der Waals surface area contributed by atoms with Crippen molar-refractivity contribution in [1.82, 2.24) is 10.3 Å². The normalized spacial score (nSPS) is 22.2. The van der Waals surface area contributed by atoms with Crippen LogP contribution in [0, 0.1) is 6.92 Å². The number of rotatable bonds is 2. The fraction of sp³-hybridized carbons (Fsp3) is 0.467. The fourth-order valence-corrected chi connectivity index (χ4v) is 2.74. The van der Waals surface area contributed by atoms with Gasteiger partial charge in [0.2, 0.25) is 0 Å². The van der Waals surface area contributed by atoms with Gasteiger partial charge in [0, 0.05) is 12.6 Å². The minimum absolute atomic E-state index is 0.170. The lowest BCUT2D eigenvalue weighted by atomic mass is 9.93. The molecule has 1 aromatic carbocycles. The largest absolute Gasteiger partial charge is 0.441 e. The monoisotopic (exact) mass is 289 g/mol. The molecule has 0 radical (unpaired) electrons. The number of anilines is 1. The third-order valence-electron chi connectivity index (χ3n) is 3.80. The average molecular weight is 289 g/mol. The Hall–Kier alpha value is -2.08. The third kappa shape index (κ3) is 3.16. The maximum atomic E-state index is 12.0. The van der Waals surface area contributed by atoms with Gasteiger partial charge in [-0.2, -0.15) is 0 Å². The summed E-state index contributed by atoms with van der Waals surface area (Å²) >= 11 is 0. The van der Waals surface area contributed by atoms with Crippen molar-refractivity contribution in [3.05, 3.63) is 24.1 Å². The molecule has 21 heavy (non-hydrogen) atoms. The van der Waals surface area contributed by atoms with E-state index in [0.717, 1.165) is 25.7 Å². The van der Waals surface area contributed by atoms with Crippen molar-refractivity contribution in [2.45, 2.75) is 44.8 Å². The predicted molar refractivity (Wildman–Crippen MR) is 79.2 cm³/mol. The summed E-state index contributed by atoms with van der Waals surface area (Å²) in [5.41, 5.74) is 2.06. The molecule has 2 amide bonds. The highest BCUT2D eigenvalue weighted by Crippen LogP contribution is 2.21. The molecule has 0 aliphatic heterocycles. The zero-order valence-electron chi connectivity index (χ0n) is 11.9. The van der Waals surface area contributed by atoms with Crippen LogP contribution in [0.1, 0.15) is 31.6 Å². The van der Waals surface area contributed by atoms with Crippen LogP contribution in [-0.2, 0) is 0 Å². The third-order valence-corrected chi connectivity index (χ3v) is 3.80. The van der Waals surface area contributed by atoms with Gasteiger partial charge in [-0.25, -0.2) is 9.78 Å². The van der Waals surface area contributed by atoms with Crippen LogP contribution in [0.2, 0.25) is 0 Å². The maximum Gasteiger partial charge on any atom is 0.319 e. The number of oxazole rings is 1. The van der Waals surface area contributed by atoms with Crippen molar-refractivity contribution in [2.75, 3.05) is 5.32 Å². The lowest BCUT2D eigenvalue weighted by molar-refractivity contribution is 0.0955. The molecule has 0 spiro atoms. The van der Waals surface area contributed by atoms with Gasteiger partial charge in [-0.3, -0.25) is 0 Å². The molecule has 1 aromatic heterocycles. The highest BCUT2D eigenvalue weighted by molar-refractivity contribution is 5.91. The molecule has 2 atom stereocenters. The number of urea groups is 1. The maximum absolute atomic E-state index is 12.0. The molecule has 3 N–H and O–H groups in total. The van der Waals surface area contributed by atoms with Crippen LogP contribution in [0.25, 0.3) is 11.1 Å². The van der Waals surface area contributed by atoms with Crippen LogP contribution in [0.15, 0.2) is 22.6 Å². The van der Waals surface area contributed by atoms with Crippen molar-refractivity contribution >= 4 is 22.8 Å². The van der Waals surface area contributed by atoms with Gasteiger partial charge in [0.25, 0.3) is 0 Å². The van der Waals surface area contributed by atoms with E-state index < -0.39 is 6.10 Å². The lowest BCUT2D eigenvalue weighted by Crippen LogP contribution is -2.46. The number of aliphatic hydroxyl groups excluding tert-OH is 1.